The highest BCUT2D eigenvalue weighted by molar-refractivity contribution is 6.03. The fraction of sp³-hybridized carbons (Fsp3) is 0.750. The number of Topliss-reactive ketones (excluding diaryl/α,β-unsaturated/α-hetero) is 1. The minimum atomic E-state index is -0.148. The van der Waals surface area contributed by atoms with Crippen LogP contribution in [0.25, 0.3) is 0 Å². The zero-order valence-electron chi connectivity index (χ0n) is 9.99. The van der Waals surface area contributed by atoms with Crippen molar-refractivity contribution in [2.75, 3.05) is 6.54 Å². The van der Waals surface area contributed by atoms with E-state index in [2.05, 4.69) is 0 Å². The van der Waals surface area contributed by atoms with E-state index in [-0.39, 0.29) is 23.5 Å². The van der Waals surface area contributed by atoms with Gasteiger partial charge in [0.1, 0.15) is 5.78 Å². The lowest BCUT2D eigenvalue weighted by Crippen LogP contribution is -2.31. The van der Waals surface area contributed by atoms with Crippen LogP contribution < -0.4 is 0 Å². The Morgan fingerprint density at radius 1 is 1.31 bits per heavy atom. The molecule has 0 unspecified atom stereocenters. The molecule has 2 amide bonds. The van der Waals surface area contributed by atoms with Crippen molar-refractivity contribution in [3.8, 4) is 0 Å². The Morgan fingerprint density at radius 3 is 2.50 bits per heavy atom. The van der Waals surface area contributed by atoms with Crippen molar-refractivity contribution >= 4 is 17.6 Å². The van der Waals surface area contributed by atoms with Gasteiger partial charge in [-0.2, -0.15) is 0 Å². The largest absolute Gasteiger partial charge is 0.300 e. The monoisotopic (exact) mass is 225 g/mol. The van der Waals surface area contributed by atoms with Gasteiger partial charge in [0.25, 0.3) is 0 Å². The summed E-state index contributed by atoms with van der Waals surface area (Å²) in [5, 5.41) is 0. The van der Waals surface area contributed by atoms with Gasteiger partial charge in [-0.3, -0.25) is 14.5 Å². The van der Waals surface area contributed by atoms with Gasteiger partial charge in [-0.05, 0) is 19.8 Å². The van der Waals surface area contributed by atoms with Gasteiger partial charge in [0.05, 0.1) is 0 Å². The lowest BCUT2D eigenvalue weighted by Gasteiger charge is -2.13. The molecule has 1 saturated heterocycles. The molecule has 0 radical (unpaired) electrons. The number of rotatable bonds is 6. The number of unbranched alkanes of at least 4 members (excludes halogenated alkanes) is 2. The molecule has 1 aliphatic heterocycles. The van der Waals surface area contributed by atoms with Gasteiger partial charge in [-0.25, -0.2) is 0 Å². The first-order valence-corrected chi connectivity index (χ1v) is 5.86. The molecule has 4 heteroatoms. The second kappa shape index (κ2) is 5.77. The summed E-state index contributed by atoms with van der Waals surface area (Å²) in [5.41, 5.74) is 0. The Kier molecular flexibility index (Phi) is 4.65. The molecule has 0 N–H and O–H groups in total. The smallest absolute Gasteiger partial charge is 0.232 e. The Morgan fingerprint density at radius 2 is 2.00 bits per heavy atom. The highest BCUT2D eigenvalue weighted by Gasteiger charge is 2.34. The second-order valence-electron chi connectivity index (χ2n) is 4.50. The van der Waals surface area contributed by atoms with Crippen molar-refractivity contribution in [3.05, 3.63) is 0 Å². The van der Waals surface area contributed by atoms with Crippen LogP contribution in [-0.4, -0.2) is 29.0 Å². The van der Waals surface area contributed by atoms with Crippen molar-refractivity contribution in [2.24, 2.45) is 5.92 Å². The molecule has 1 heterocycles. The molecular weight excluding hydrogens is 206 g/mol. The molecular formula is C12H19NO3. The molecule has 0 spiro atoms. The average Bonchev–Trinajstić information content (AvgIpc) is 2.43. The number of imide groups is 1. The van der Waals surface area contributed by atoms with E-state index in [1.807, 2.05) is 0 Å². The maximum absolute atomic E-state index is 11.5. The normalized spacial score (nSPS) is 20.6. The van der Waals surface area contributed by atoms with Crippen molar-refractivity contribution < 1.29 is 14.4 Å². The number of carbonyl (C=O) groups excluding carboxylic acids is 3. The number of amides is 2. The number of hydrogen-bond donors (Lipinski definition) is 0. The summed E-state index contributed by atoms with van der Waals surface area (Å²) in [6.45, 7) is 3.88. The molecule has 0 bridgehead atoms. The quantitative estimate of drug-likeness (QED) is 0.509. The van der Waals surface area contributed by atoms with Crippen LogP contribution in [0.5, 0.6) is 0 Å². The lowest BCUT2D eigenvalue weighted by atomic mass is 10.1. The van der Waals surface area contributed by atoms with Crippen molar-refractivity contribution in [3.63, 3.8) is 0 Å². The third-order valence-electron chi connectivity index (χ3n) is 2.88. The van der Waals surface area contributed by atoms with Gasteiger partial charge in [0.15, 0.2) is 0 Å². The zero-order chi connectivity index (χ0) is 12.1. The maximum atomic E-state index is 11.5. The molecule has 0 aromatic rings. The van der Waals surface area contributed by atoms with Gasteiger partial charge in [-0.1, -0.05) is 13.3 Å². The molecule has 0 saturated carbocycles. The van der Waals surface area contributed by atoms with E-state index < -0.39 is 0 Å². The molecule has 1 aliphatic rings. The van der Waals surface area contributed by atoms with E-state index >= 15 is 0 Å². The van der Waals surface area contributed by atoms with E-state index in [9.17, 15) is 14.4 Å². The Hall–Kier alpha value is -1.19. The SMILES string of the molecule is CC(=O)CCCCCN1C(=O)C[C@@H](C)C1=O. The predicted molar refractivity (Wildman–Crippen MR) is 59.7 cm³/mol. The zero-order valence-corrected chi connectivity index (χ0v) is 9.99. The van der Waals surface area contributed by atoms with Crippen LogP contribution in [0.3, 0.4) is 0 Å². The molecule has 0 aromatic carbocycles. The molecule has 0 aromatic heterocycles. The van der Waals surface area contributed by atoms with E-state index in [0.717, 1.165) is 19.3 Å². The third-order valence-corrected chi connectivity index (χ3v) is 2.88. The first-order chi connectivity index (χ1) is 7.52. The second-order valence-corrected chi connectivity index (χ2v) is 4.50. The number of likely N-dealkylation sites (tertiary alicyclic amines) is 1. The van der Waals surface area contributed by atoms with E-state index in [0.29, 0.717) is 19.4 Å². The average molecular weight is 225 g/mol. The summed E-state index contributed by atoms with van der Waals surface area (Å²) in [5.74, 6) is -0.0488. The predicted octanol–water partition coefficient (Wildman–Crippen LogP) is 1.53. The highest BCUT2D eigenvalue weighted by atomic mass is 16.2. The van der Waals surface area contributed by atoms with Crippen molar-refractivity contribution in [1.29, 1.82) is 0 Å². The first kappa shape index (κ1) is 12.9. The van der Waals surface area contributed by atoms with E-state index in [4.69, 9.17) is 0 Å². The Labute approximate surface area is 96.0 Å². The number of hydrogen-bond acceptors (Lipinski definition) is 3. The number of carbonyl (C=O) groups is 3. The van der Waals surface area contributed by atoms with Gasteiger partial charge in [0.2, 0.25) is 11.8 Å². The molecule has 1 rings (SSSR count). The summed E-state index contributed by atoms with van der Waals surface area (Å²) < 4.78 is 0. The van der Waals surface area contributed by atoms with E-state index in [1.165, 1.54) is 4.90 Å². The summed E-state index contributed by atoms with van der Waals surface area (Å²) >= 11 is 0. The fourth-order valence-electron chi connectivity index (χ4n) is 1.90. The molecule has 0 aliphatic carbocycles. The Bertz CT molecular complexity index is 299. The standard InChI is InChI=1S/C12H19NO3/c1-9-8-11(15)13(12(9)16)7-5-3-4-6-10(2)14/h9H,3-8H2,1-2H3/t9-/m1/s1. The third kappa shape index (κ3) is 3.43. The van der Waals surface area contributed by atoms with Crippen LogP contribution >= 0.6 is 0 Å². The molecule has 90 valence electrons. The van der Waals surface area contributed by atoms with Crippen LogP contribution in [0.4, 0.5) is 0 Å². The lowest BCUT2D eigenvalue weighted by molar-refractivity contribution is -0.139. The number of ketones is 1. The Balaban J connectivity index is 2.20. The van der Waals surface area contributed by atoms with Crippen LogP contribution in [0, 0.1) is 5.92 Å². The van der Waals surface area contributed by atoms with Gasteiger partial charge in [0, 0.05) is 25.3 Å². The summed E-state index contributed by atoms with van der Waals surface area (Å²) in [7, 11) is 0. The number of nitrogens with zero attached hydrogens (tertiary/aromatic N) is 1. The summed E-state index contributed by atoms with van der Waals surface area (Å²) in [6.07, 6.45) is 3.49. The minimum absolute atomic E-state index is 0.0448. The topological polar surface area (TPSA) is 54.5 Å². The molecule has 16 heavy (non-hydrogen) atoms. The van der Waals surface area contributed by atoms with Crippen LogP contribution in [0.1, 0.15) is 46.0 Å². The van der Waals surface area contributed by atoms with Crippen LogP contribution in [-0.2, 0) is 14.4 Å². The molecule has 1 fully saturated rings. The minimum Gasteiger partial charge on any atom is -0.300 e. The molecule has 1 atom stereocenters. The van der Waals surface area contributed by atoms with Gasteiger partial charge in [-0.15, -0.1) is 0 Å². The van der Waals surface area contributed by atoms with Crippen LogP contribution in [0.2, 0.25) is 0 Å². The van der Waals surface area contributed by atoms with Crippen LogP contribution in [0.15, 0.2) is 0 Å². The van der Waals surface area contributed by atoms with Crippen molar-refractivity contribution in [1.82, 2.24) is 4.90 Å². The fourth-order valence-corrected chi connectivity index (χ4v) is 1.90. The molecule has 4 nitrogen and oxygen atoms in total. The van der Waals surface area contributed by atoms with E-state index in [1.54, 1.807) is 13.8 Å². The maximum Gasteiger partial charge on any atom is 0.232 e. The van der Waals surface area contributed by atoms with Gasteiger partial charge < -0.3 is 4.79 Å². The highest BCUT2D eigenvalue weighted by Crippen LogP contribution is 2.19. The van der Waals surface area contributed by atoms with Gasteiger partial charge >= 0.3 is 0 Å². The first-order valence-electron chi connectivity index (χ1n) is 5.86. The summed E-state index contributed by atoms with van der Waals surface area (Å²) in [6, 6.07) is 0. The van der Waals surface area contributed by atoms with Crippen molar-refractivity contribution in [2.45, 2.75) is 46.0 Å². The summed E-state index contributed by atoms with van der Waals surface area (Å²) in [4.78, 5) is 35.0.